The fourth-order valence-corrected chi connectivity index (χ4v) is 4.93. The van der Waals surface area contributed by atoms with Crippen molar-refractivity contribution in [3.05, 3.63) is 51.7 Å². The number of rotatable bonds is 5. The van der Waals surface area contributed by atoms with Gasteiger partial charge >= 0.3 is 0 Å². The zero-order valence-electron chi connectivity index (χ0n) is 13.5. The first-order valence-corrected chi connectivity index (χ1v) is 9.69. The number of benzene rings is 1. The molecule has 0 radical (unpaired) electrons. The number of nitrogens with two attached hydrogens (primary N) is 1. The molecule has 0 spiro atoms. The molecular formula is C17H20ClN3O2S2. The molecule has 2 heterocycles. The minimum absolute atomic E-state index is 0. The van der Waals surface area contributed by atoms with Crippen LogP contribution in [0.4, 0.5) is 5.69 Å². The van der Waals surface area contributed by atoms with Gasteiger partial charge in [-0.2, -0.15) is 0 Å². The van der Waals surface area contributed by atoms with Gasteiger partial charge in [0.1, 0.15) is 5.25 Å². The summed E-state index contributed by atoms with van der Waals surface area (Å²) in [6, 6.07) is 9.05. The lowest BCUT2D eigenvalue weighted by Gasteiger charge is -2.22. The van der Waals surface area contributed by atoms with E-state index in [-0.39, 0.29) is 29.5 Å². The van der Waals surface area contributed by atoms with Crippen LogP contribution in [0.15, 0.2) is 35.7 Å². The van der Waals surface area contributed by atoms with Crippen LogP contribution < -0.4 is 16.4 Å². The summed E-state index contributed by atoms with van der Waals surface area (Å²) >= 11 is 3.34. The fraction of sp³-hybridized carbons (Fsp3) is 0.294. The summed E-state index contributed by atoms with van der Waals surface area (Å²) < 4.78 is 0. The lowest BCUT2D eigenvalue weighted by atomic mass is 10.1. The molecule has 5 nitrogen and oxygen atoms in total. The number of carbonyl (C=O) groups excluding carboxylic acids is 2. The summed E-state index contributed by atoms with van der Waals surface area (Å²) in [7, 11) is 0. The number of hydrogen-bond donors (Lipinski definition) is 3. The molecule has 0 bridgehead atoms. The van der Waals surface area contributed by atoms with Crippen molar-refractivity contribution in [1.82, 2.24) is 5.32 Å². The lowest BCUT2D eigenvalue weighted by Crippen LogP contribution is -2.30. The molecule has 4 N–H and O–H groups in total. The molecule has 1 aromatic carbocycles. The van der Waals surface area contributed by atoms with Crippen LogP contribution in [0.2, 0.25) is 0 Å². The molecule has 3 rings (SSSR count). The molecule has 0 fully saturated rings. The number of carbonyl (C=O) groups is 2. The Bertz CT molecular complexity index is 751. The van der Waals surface area contributed by atoms with E-state index >= 15 is 0 Å². The minimum Gasteiger partial charge on any atom is -0.351 e. The molecule has 1 atom stereocenters. The normalized spacial score (nSPS) is 15.6. The summed E-state index contributed by atoms with van der Waals surface area (Å²) in [6.07, 6.45) is 1.01. The first kappa shape index (κ1) is 19.8. The van der Waals surface area contributed by atoms with Crippen LogP contribution in [0.1, 0.15) is 26.0 Å². The van der Waals surface area contributed by atoms with Gasteiger partial charge in [0.2, 0.25) is 5.91 Å². The van der Waals surface area contributed by atoms with Crippen molar-refractivity contribution in [3.8, 4) is 0 Å². The van der Waals surface area contributed by atoms with Crippen molar-refractivity contribution in [1.29, 1.82) is 0 Å². The summed E-state index contributed by atoms with van der Waals surface area (Å²) in [6.45, 7) is 0.776. The minimum atomic E-state index is -0.233. The van der Waals surface area contributed by atoms with E-state index < -0.39 is 0 Å². The van der Waals surface area contributed by atoms with E-state index in [1.807, 2.05) is 11.4 Å². The highest BCUT2D eigenvalue weighted by molar-refractivity contribution is 8.00. The number of aryl methyl sites for hydroxylation is 1. The zero-order valence-corrected chi connectivity index (χ0v) is 15.9. The van der Waals surface area contributed by atoms with E-state index in [1.54, 1.807) is 47.4 Å². The molecule has 1 aliphatic heterocycles. The van der Waals surface area contributed by atoms with Crippen molar-refractivity contribution >= 4 is 53.0 Å². The predicted molar refractivity (Wildman–Crippen MR) is 107 cm³/mol. The van der Waals surface area contributed by atoms with Gasteiger partial charge in [-0.1, -0.05) is 12.1 Å². The molecule has 25 heavy (non-hydrogen) atoms. The van der Waals surface area contributed by atoms with Crippen LogP contribution in [-0.4, -0.2) is 30.7 Å². The smallest absolute Gasteiger partial charge is 0.253 e. The van der Waals surface area contributed by atoms with Crippen molar-refractivity contribution < 1.29 is 9.59 Å². The van der Waals surface area contributed by atoms with E-state index in [0.717, 1.165) is 17.7 Å². The summed E-state index contributed by atoms with van der Waals surface area (Å²) in [4.78, 5) is 26.2. The topological polar surface area (TPSA) is 84.2 Å². The Kier molecular flexibility index (Phi) is 7.31. The predicted octanol–water partition coefficient (Wildman–Crippen LogP) is 2.83. The van der Waals surface area contributed by atoms with Crippen LogP contribution in [-0.2, 0) is 11.2 Å². The van der Waals surface area contributed by atoms with Gasteiger partial charge in [-0.3, -0.25) is 9.59 Å². The SMILES string of the molecule is Cl.NCCNC(=O)c1ccccc1NC(=O)C1SCCc2sccc21. The second-order valence-electron chi connectivity index (χ2n) is 5.38. The first-order chi connectivity index (χ1) is 11.7. The molecule has 0 saturated carbocycles. The van der Waals surface area contributed by atoms with Gasteiger partial charge in [-0.25, -0.2) is 0 Å². The Labute approximate surface area is 161 Å². The van der Waals surface area contributed by atoms with Crippen LogP contribution in [0, 0.1) is 0 Å². The molecular weight excluding hydrogens is 378 g/mol. The van der Waals surface area contributed by atoms with E-state index in [0.29, 0.717) is 24.3 Å². The van der Waals surface area contributed by atoms with E-state index in [4.69, 9.17) is 5.73 Å². The van der Waals surface area contributed by atoms with Crippen LogP contribution in [0.3, 0.4) is 0 Å². The monoisotopic (exact) mass is 397 g/mol. The van der Waals surface area contributed by atoms with Crippen molar-refractivity contribution in [3.63, 3.8) is 0 Å². The maximum Gasteiger partial charge on any atom is 0.253 e. The number of nitrogens with one attached hydrogen (secondary N) is 2. The van der Waals surface area contributed by atoms with Crippen LogP contribution in [0.5, 0.6) is 0 Å². The molecule has 134 valence electrons. The molecule has 2 amide bonds. The van der Waals surface area contributed by atoms with Gasteiger partial charge in [0.05, 0.1) is 11.3 Å². The highest BCUT2D eigenvalue weighted by Gasteiger charge is 2.28. The number of hydrogen-bond acceptors (Lipinski definition) is 5. The van der Waals surface area contributed by atoms with Gasteiger partial charge in [0.25, 0.3) is 5.91 Å². The Morgan fingerprint density at radius 2 is 2.04 bits per heavy atom. The standard InChI is InChI=1S/C17H19N3O2S2.ClH/c18-7-8-19-16(21)11-3-1-2-4-13(11)20-17(22)15-12-5-9-23-14(12)6-10-24-15;/h1-5,9,15H,6-8,10,18H2,(H,19,21)(H,20,22);1H. The van der Waals surface area contributed by atoms with Gasteiger partial charge in [-0.15, -0.1) is 35.5 Å². The highest BCUT2D eigenvalue weighted by Crippen LogP contribution is 2.40. The summed E-state index contributed by atoms with van der Waals surface area (Å²) in [5.74, 6) is 0.617. The summed E-state index contributed by atoms with van der Waals surface area (Å²) in [5.41, 5.74) is 7.49. The number of para-hydroxylation sites is 1. The molecule has 8 heteroatoms. The largest absolute Gasteiger partial charge is 0.351 e. The number of anilines is 1. The van der Waals surface area contributed by atoms with Gasteiger partial charge in [0, 0.05) is 18.0 Å². The fourth-order valence-electron chi connectivity index (χ4n) is 2.63. The van der Waals surface area contributed by atoms with Crippen molar-refractivity contribution in [2.24, 2.45) is 5.73 Å². The highest BCUT2D eigenvalue weighted by atomic mass is 35.5. The number of amides is 2. The van der Waals surface area contributed by atoms with E-state index in [2.05, 4.69) is 10.6 Å². The number of fused-ring (bicyclic) bond motifs is 1. The summed E-state index contributed by atoms with van der Waals surface area (Å²) in [5, 5.41) is 7.47. The van der Waals surface area contributed by atoms with Crippen molar-refractivity contribution in [2.45, 2.75) is 11.7 Å². The molecule has 1 aromatic heterocycles. The number of halogens is 1. The van der Waals surface area contributed by atoms with Gasteiger partial charge in [0.15, 0.2) is 0 Å². The van der Waals surface area contributed by atoms with Crippen LogP contribution >= 0.6 is 35.5 Å². The third kappa shape index (κ3) is 4.55. The number of thiophene rings is 1. The maximum absolute atomic E-state index is 12.7. The average molecular weight is 398 g/mol. The molecule has 1 unspecified atom stereocenters. The Morgan fingerprint density at radius 1 is 1.24 bits per heavy atom. The average Bonchev–Trinajstić information content (AvgIpc) is 3.08. The zero-order chi connectivity index (χ0) is 16.9. The molecule has 1 aliphatic rings. The molecule has 0 saturated heterocycles. The van der Waals surface area contributed by atoms with Crippen molar-refractivity contribution in [2.75, 3.05) is 24.2 Å². The van der Waals surface area contributed by atoms with Gasteiger partial charge in [-0.05, 0) is 41.3 Å². The first-order valence-electron chi connectivity index (χ1n) is 7.76. The Hall–Kier alpha value is -1.54. The molecule has 0 aliphatic carbocycles. The van der Waals surface area contributed by atoms with E-state index in [9.17, 15) is 9.59 Å². The lowest BCUT2D eigenvalue weighted by molar-refractivity contribution is -0.115. The number of thioether (sulfide) groups is 1. The molecule has 2 aromatic rings. The van der Waals surface area contributed by atoms with Gasteiger partial charge < -0.3 is 16.4 Å². The second kappa shape index (κ2) is 9.24. The van der Waals surface area contributed by atoms with E-state index in [1.165, 1.54) is 4.88 Å². The quantitative estimate of drug-likeness (QED) is 0.724. The third-order valence-corrected chi connectivity index (χ3v) is 6.01. The van der Waals surface area contributed by atoms with Crippen LogP contribution in [0.25, 0.3) is 0 Å². The Morgan fingerprint density at radius 3 is 2.84 bits per heavy atom. The Balaban J connectivity index is 0.00000225. The second-order valence-corrected chi connectivity index (χ2v) is 7.59. The maximum atomic E-state index is 12.7. The third-order valence-electron chi connectivity index (χ3n) is 3.77.